The fourth-order valence-electron chi connectivity index (χ4n) is 1.86. The van der Waals surface area contributed by atoms with Gasteiger partial charge in [0.25, 0.3) is 6.43 Å². The molecule has 0 spiro atoms. The van der Waals surface area contributed by atoms with Gasteiger partial charge in [-0.1, -0.05) is 0 Å². The summed E-state index contributed by atoms with van der Waals surface area (Å²) in [5.41, 5.74) is 0. The van der Waals surface area contributed by atoms with E-state index in [1.54, 1.807) is 4.90 Å². The number of carbonyl (C=O) groups excluding carboxylic acids is 1. The Balaban J connectivity index is 2.59. The fourth-order valence-corrected chi connectivity index (χ4v) is 3.36. The third-order valence-electron chi connectivity index (χ3n) is 2.88. The zero-order chi connectivity index (χ0) is 15.8. The van der Waals surface area contributed by atoms with Crippen LogP contribution in [0, 0.1) is 0 Å². The second kappa shape index (κ2) is 9.45. The van der Waals surface area contributed by atoms with Gasteiger partial charge in [-0.05, 0) is 35.0 Å². The van der Waals surface area contributed by atoms with Gasteiger partial charge in [0.2, 0.25) is 5.91 Å². The Morgan fingerprint density at radius 2 is 2.19 bits per heavy atom. The molecule has 8 heteroatoms. The molecule has 0 saturated heterocycles. The van der Waals surface area contributed by atoms with Crippen LogP contribution in [0.2, 0.25) is 0 Å². The molecule has 1 N–H and O–H groups in total. The van der Waals surface area contributed by atoms with Crippen molar-refractivity contribution in [2.75, 3.05) is 32.8 Å². The summed E-state index contributed by atoms with van der Waals surface area (Å²) in [5, 5.41) is 8.88. The van der Waals surface area contributed by atoms with Crippen LogP contribution in [0.4, 0.5) is 8.78 Å². The monoisotopic (exact) mass is 384 g/mol. The molecule has 0 aliphatic heterocycles. The normalized spacial score (nSPS) is 11.4. The molecule has 1 rings (SSSR count). The summed E-state index contributed by atoms with van der Waals surface area (Å²) < 4.78 is 25.9. The number of aliphatic hydroxyl groups excluding tert-OH is 1. The SMILES string of the molecule is CCN(Cc1ccc(Br)s1)C(=O)CN(CCO)CC(F)F. The van der Waals surface area contributed by atoms with E-state index in [4.69, 9.17) is 5.11 Å². The minimum atomic E-state index is -2.52. The van der Waals surface area contributed by atoms with Gasteiger partial charge >= 0.3 is 0 Å². The smallest absolute Gasteiger partial charge is 0.251 e. The molecule has 0 atom stereocenters. The van der Waals surface area contributed by atoms with Gasteiger partial charge in [-0.25, -0.2) is 8.78 Å². The van der Waals surface area contributed by atoms with Crippen molar-refractivity contribution < 1.29 is 18.7 Å². The highest BCUT2D eigenvalue weighted by Gasteiger charge is 2.19. The first-order chi connectivity index (χ1) is 9.96. The lowest BCUT2D eigenvalue weighted by atomic mass is 10.3. The van der Waals surface area contributed by atoms with Gasteiger partial charge in [0.05, 0.1) is 30.0 Å². The van der Waals surface area contributed by atoms with E-state index in [0.717, 1.165) is 8.66 Å². The van der Waals surface area contributed by atoms with Gasteiger partial charge in [0, 0.05) is 18.0 Å². The molecular formula is C13H19BrF2N2O2S. The average molecular weight is 385 g/mol. The van der Waals surface area contributed by atoms with Crippen LogP contribution in [0.15, 0.2) is 15.9 Å². The van der Waals surface area contributed by atoms with Crippen LogP contribution in [0.1, 0.15) is 11.8 Å². The summed E-state index contributed by atoms with van der Waals surface area (Å²) >= 11 is 4.90. The summed E-state index contributed by atoms with van der Waals surface area (Å²) in [6.07, 6.45) is -2.52. The first-order valence-corrected chi connectivity index (χ1v) is 8.20. The first-order valence-electron chi connectivity index (χ1n) is 6.59. The van der Waals surface area contributed by atoms with Crippen LogP contribution in [-0.4, -0.2) is 60.0 Å². The molecule has 0 aliphatic carbocycles. The second-order valence-corrected chi connectivity index (χ2v) is 7.01. The van der Waals surface area contributed by atoms with Crippen molar-refractivity contribution in [3.8, 4) is 0 Å². The Hall–Kier alpha value is -0.570. The summed E-state index contributed by atoms with van der Waals surface area (Å²) in [4.78, 5) is 16.1. The predicted molar refractivity (Wildman–Crippen MR) is 82.6 cm³/mol. The molecule has 21 heavy (non-hydrogen) atoms. The van der Waals surface area contributed by atoms with Gasteiger partial charge in [0.1, 0.15) is 0 Å². The summed E-state index contributed by atoms with van der Waals surface area (Å²) in [6, 6.07) is 3.84. The molecule has 1 aromatic rings. The summed E-state index contributed by atoms with van der Waals surface area (Å²) in [7, 11) is 0. The van der Waals surface area contributed by atoms with Crippen molar-refractivity contribution in [3.63, 3.8) is 0 Å². The number of halogens is 3. The maximum Gasteiger partial charge on any atom is 0.251 e. The average Bonchev–Trinajstić information content (AvgIpc) is 2.80. The van der Waals surface area contributed by atoms with Gasteiger partial charge in [-0.2, -0.15) is 0 Å². The van der Waals surface area contributed by atoms with Crippen molar-refractivity contribution in [3.05, 3.63) is 20.8 Å². The number of rotatable bonds is 9. The largest absolute Gasteiger partial charge is 0.395 e. The minimum Gasteiger partial charge on any atom is -0.395 e. The van der Waals surface area contributed by atoms with Crippen LogP contribution in [0.25, 0.3) is 0 Å². The second-order valence-electron chi connectivity index (χ2n) is 4.46. The van der Waals surface area contributed by atoms with E-state index < -0.39 is 13.0 Å². The minimum absolute atomic E-state index is 0.0676. The predicted octanol–water partition coefficient (Wildman–Crippen LogP) is 2.42. The number of hydrogen-bond donors (Lipinski definition) is 1. The Morgan fingerprint density at radius 3 is 2.67 bits per heavy atom. The number of amides is 1. The Labute approximate surface area is 135 Å². The quantitative estimate of drug-likeness (QED) is 0.710. The molecular weight excluding hydrogens is 366 g/mol. The molecule has 1 heterocycles. The van der Waals surface area contributed by atoms with Gasteiger partial charge in [-0.15, -0.1) is 11.3 Å². The zero-order valence-electron chi connectivity index (χ0n) is 11.8. The number of alkyl halides is 2. The zero-order valence-corrected chi connectivity index (χ0v) is 14.2. The van der Waals surface area contributed by atoms with Crippen LogP contribution in [0.5, 0.6) is 0 Å². The Kier molecular flexibility index (Phi) is 8.31. The van der Waals surface area contributed by atoms with E-state index in [2.05, 4.69) is 15.9 Å². The van der Waals surface area contributed by atoms with Crippen LogP contribution < -0.4 is 0 Å². The van der Waals surface area contributed by atoms with E-state index in [1.165, 1.54) is 16.2 Å². The van der Waals surface area contributed by atoms with E-state index in [1.807, 2.05) is 19.1 Å². The highest BCUT2D eigenvalue weighted by Crippen LogP contribution is 2.23. The lowest BCUT2D eigenvalue weighted by molar-refractivity contribution is -0.133. The van der Waals surface area contributed by atoms with Gasteiger partial charge in [0.15, 0.2) is 0 Å². The number of thiophene rings is 1. The maximum atomic E-state index is 12.4. The first kappa shape index (κ1) is 18.5. The molecule has 0 radical (unpaired) electrons. The van der Waals surface area contributed by atoms with Crippen LogP contribution >= 0.6 is 27.3 Å². The highest BCUT2D eigenvalue weighted by molar-refractivity contribution is 9.11. The van der Waals surface area contributed by atoms with Gasteiger partial charge in [-0.3, -0.25) is 9.69 Å². The van der Waals surface area contributed by atoms with E-state index in [0.29, 0.717) is 13.1 Å². The van der Waals surface area contributed by atoms with E-state index >= 15 is 0 Å². The molecule has 0 saturated carbocycles. The fraction of sp³-hybridized carbons (Fsp3) is 0.615. The summed E-state index contributed by atoms with van der Waals surface area (Å²) in [5.74, 6) is -0.212. The molecule has 120 valence electrons. The molecule has 0 fully saturated rings. The molecule has 4 nitrogen and oxygen atoms in total. The topological polar surface area (TPSA) is 43.8 Å². The third-order valence-corrected chi connectivity index (χ3v) is 4.49. The van der Waals surface area contributed by atoms with E-state index in [9.17, 15) is 13.6 Å². The molecule has 0 bridgehead atoms. The lowest BCUT2D eigenvalue weighted by Gasteiger charge is -2.25. The summed E-state index contributed by atoms with van der Waals surface area (Å²) in [6.45, 7) is 2.04. The maximum absolute atomic E-state index is 12.4. The van der Waals surface area contributed by atoms with Crippen molar-refractivity contribution in [1.82, 2.24) is 9.80 Å². The molecule has 0 aromatic carbocycles. The number of aliphatic hydroxyl groups is 1. The lowest BCUT2D eigenvalue weighted by Crippen LogP contribution is -2.42. The highest BCUT2D eigenvalue weighted by atomic mass is 79.9. The van der Waals surface area contributed by atoms with Gasteiger partial charge < -0.3 is 10.0 Å². The Bertz CT molecular complexity index is 446. The van der Waals surface area contributed by atoms with Crippen LogP contribution in [-0.2, 0) is 11.3 Å². The third kappa shape index (κ3) is 6.82. The molecule has 0 aliphatic rings. The van der Waals surface area contributed by atoms with E-state index in [-0.39, 0.29) is 25.6 Å². The molecule has 0 unspecified atom stereocenters. The number of nitrogens with zero attached hydrogens (tertiary/aromatic N) is 2. The molecule has 1 aromatic heterocycles. The number of carbonyl (C=O) groups is 1. The van der Waals surface area contributed by atoms with Crippen molar-refractivity contribution >= 4 is 33.2 Å². The number of likely N-dealkylation sites (N-methyl/N-ethyl adjacent to an activating group) is 1. The van der Waals surface area contributed by atoms with Crippen LogP contribution in [0.3, 0.4) is 0 Å². The standard InChI is InChI=1S/C13H19BrF2N2O2S/c1-2-18(7-10-3-4-11(14)21-10)13(20)9-17(5-6-19)8-12(15)16/h3-4,12,19H,2,5-9H2,1H3. The van der Waals surface area contributed by atoms with Crippen molar-refractivity contribution in [1.29, 1.82) is 0 Å². The Morgan fingerprint density at radius 1 is 1.48 bits per heavy atom. The van der Waals surface area contributed by atoms with Crippen molar-refractivity contribution in [2.24, 2.45) is 0 Å². The number of hydrogen-bond acceptors (Lipinski definition) is 4. The van der Waals surface area contributed by atoms with Crippen molar-refractivity contribution in [2.45, 2.75) is 19.9 Å². The molecule has 1 amide bonds.